The summed E-state index contributed by atoms with van der Waals surface area (Å²) < 4.78 is 0. The van der Waals surface area contributed by atoms with Crippen LogP contribution in [0.4, 0.5) is 5.69 Å². The molecule has 0 fully saturated rings. The van der Waals surface area contributed by atoms with E-state index in [0.29, 0.717) is 5.75 Å². The minimum absolute atomic E-state index is 0.0285. The van der Waals surface area contributed by atoms with Gasteiger partial charge in [-0.2, -0.15) is 0 Å². The summed E-state index contributed by atoms with van der Waals surface area (Å²) >= 11 is 1.46. The van der Waals surface area contributed by atoms with Gasteiger partial charge in [0.15, 0.2) is 0 Å². The molecule has 3 nitrogen and oxygen atoms in total. The average Bonchev–Trinajstić information content (AvgIpc) is 2.14. The Labute approximate surface area is 101 Å². The van der Waals surface area contributed by atoms with Crippen LogP contribution in [0.2, 0.25) is 0 Å². The number of nitrogen functional groups attached to an aromatic ring is 1. The van der Waals surface area contributed by atoms with E-state index in [9.17, 15) is 4.79 Å². The summed E-state index contributed by atoms with van der Waals surface area (Å²) in [7, 11) is 0. The Morgan fingerprint density at radius 2 is 2.00 bits per heavy atom. The number of carbonyl (C=O) groups is 1. The fourth-order valence-corrected chi connectivity index (χ4v) is 1.98. The van der Waals surface area contributed by atoms with Gasteiger partial charge in [0, 0.05) is 16.1 Å². The maximum atomic E-state index is 11.6. The third-order valence-electron chi connectivity index (χ3n) is 1.79. The van der Waals surface area contributed by atoms with Crippen LogP contribution in [-0.4, -0.2) is 17.2 Å². The normalized spacial score (nSPS) is 11.2. The molecule has 3 N–H and O–H groups in total. The first-order valence-electron chi connectivity index (χ1n) is 5.17. The second kappa shape index (κ2) is 5.25. The molecule has 1 amide bonds. The Balaban J connectivity index is 2.47. The van der Waals surface area contributed by atoms with Gasteiger partial charge < -0.3 is 11.1 Å². The number of rotatable bonds is 3. The lowest BCUT2D eigenvalue weighted by molar-refractivity contribution is -0.119. The number of hydrogen-bond acceptors (Lipinski definition) is 3. The van der Waals surface area contributed by atoms with Crippen LogP contribution in [0.1, 0.15) is 20.8 Å². The van der Waals surface area contributed by atoms with E-state index in [4.69, 9.17) is 5.73 Å². The molecule has 1 rings (SSSR count). The molecule has 0 bridgehead atoms. The smallest absolute Gasteiger partial charge is 0.230 e. The second-order valence-corrected chi connectivity index (χ2v) is 5.64. The molecule has 0 aliphatic carbocycles. The van der Waals surface area contributed by atoms with Gasteiger partial charge in [0.2, 0.25) is 5.91 Å². The van der Waals surface area contributed by atoms with Crippen molar-refractivity contribution in [3.63, 3.8) is 0 Å². The first-order valence-corrected chi connectivity index (χ1v) is 6.15. The summed E-state index contributed by atoms with van der Waals surface area (Å²) in [5.74, 6) is 0.423. The Hall–Kier alpha value is -1.16. The van der Waals surface area contributed by atoms with Crippen molar-refractivity contribution in [1.82, 2.24) is 5.32 Å². The standard InChI is InChI=1S/C12H18N2OS/c1-12(2,3)14-11(15)8-16-10-7-5-4-6-9(10)13/h4-7H,8,13H2,1-3H3,(H,14,15). The molecule has 0 radical (unpaired) electrons. The average molecular weight is 238 g/mol. The molecule has 0 aromatic heterocycles. The van der Waals surface area contributed by atoms with Gasteiger partial charge in [-0.25, -0.2) is 0 Å². The van der Waals surface area contributed by atoms with Gasteiger partial charge in [0.05, 0.1) is 5.75 Å². The van der Waals surface area contributed by atoms with Crippen LogP contribution in [0.3, 0.4) is 0 Å². The number of benzene rings is 1. The van der Waals surface area contributed by atoms with Gasteiger partial charge in [-0.3, -0.25) is 4.79 Å². The quantitative estimate of drug-likeness (QED) is 0.627. The zero-order valence-corrected chi connectivity index (χ0v) is 10.7. The molecule has 88 valence electrons. The molecule has 4 heteroatoms. The summed E-state index contributed by atoms with van der Waals surface area (Å²) in [6, 6.07) is 7.56. The van der Waals surface area contributed by atoms with Crippen LogP contribution in [0, 0.1) is 0 Å². The highest BCUT2D eigenvalue weighted by molar-refractivity contribution is 8.00. The van der Waals surface area contributed by atoms with Crippen LogP contribution in [-0.2, 0) is 4.79 Å². The number of anilines is 1. The van der Waals surface area contributed by atoms with Crippen molar-refractivity contribution in [2.24, 2.45) is 0 Å². The highest BCUT2D eigenvalue weighted by atomic mass is 32.2. The van der Waals surface area contributed by atoms with Crippen LogP contribution in [0.5, 0.6) is 0 Å². The molecule has 0 atom stereocenters. The molecule has 0 saturated carbocycles. The van der Waals surface area contributed by atoms with E-state index in [1.165, 1.54) is 11.8 Å². The van der Waals surface area contributed by atoms with Crippen LogP contribution < -0.4 is 11.1 Å². The third kappa shape index (κ3) is 4.57. The predicted molar refractivity (Wildman–Crippen MR) is 69.5 cm³/mol. The highest BCUT2D eigenvalue weighted by Crippen LogP contribution is 2.23. The van der Waals surface area contributed by atoms with Crippen molar-refractivity contribution in [2.75, 3.05) is 11.5 Å². The van der Waals surface area contributed by atoms with Crippen molar-refractivity contribution in [3.8, 4) is 0 Å². The molecular weight excluding hydrogens is 220 g/mol. The van der Waals surface area contributed by atoms with E-state index in [1.54, 1.807) is 0 Å². The summed E-state index contributed by atoms with van der Waals surface area (Å²) in [6.07, 6.45) is 0. The van der Waals surface area contributed by atoms with Crippen LogP contribution in [0.25, 0.3) is 0 Å². The molecule has 0 unspecified atom stereocenters. The Bertz CT molecular complexity index is 372. The maximum Gasteiger partial charge on any atom is 0.230 e. The van der Waals surface area contributed by atoms with E-state index in [2.05, 4.69) is 5.32 Å². The van der Waals surface area contributed by atoms with Gasteiger partial charge in [-0.1, -0.05) is 12.1 Å². The summed E-state index contributed by atoms with van der Waals surface area (Å²) in [4.78, 5) is 12.5. The zero-order valence-electron chi connectivity index (χ0n) is 9.91. The number of para-hydroxylation sites is 1. The second-order valence-electron chi connectivity index (χ2n) is 4.62. The molecule has 0 spiro atoms. The lowest BCUT2D eigenvalue weighted by atomic mass is 10.1. The first-order chi connectivity index (χ1) is 7.38. The minimum atomic E-state index is -0.181. The van der Waals surface area contributed by atoms with E-state index >= 15 is 0 Å². The van der Waals surface area contributed by atoms with Gasteiger partial charge in [-0.05, 0) is 32.9 Å². The van der Waals surface area contributed by atoms with Crippen molar-refractivity contribution < 1.29 is 4.79 Å². The van der Waals surface area contributed by atoms with Gasteiger partial charge >= 0.3 is 0 Å². The zero-order chi connectivity index (χ0) is 12.2. The fraction of sp³-hybridized carbons (Fsp3) is 0.417. The number of hydrogen-bond donors (Lipinski definition) is 2. The molecular formula is C12H18N2OS. The molecule has 0 aliphatic rings. The molecule has 0 heterocycles. The van der Waals surface area contributed by atoms with Crippen molar-refractivity contribution in [1.29, 1.82) is 0 Å². The molecule has 16 heavy (non-hydrogen) atoms. The van der Waals surface area contributed by atoms with E-state index in [1.807, 2.05) is 45.0 Å². The summed E-state index contributed by atoms with van der Waals surface area (Å²) in [5.41, 5.74) is 6.32. The lowest BCUT2D eigenvalue weighted by Gasteiger charge is -2.20. The number of nitrogens with one attached hydrogen (secondary N) is 1. The van der Waals surface area contributed by atoms with Gasteiger partial charge in [0.25, 0.3) is 0 Å². The number of amides is 1. The Morgan fingerprint density at radius 1 is 1.38 bits per heavy atom. The first kappa shape index (κ1) is 12.9. The molecule has 1 aromatic rings. The molecule has 1 aromatic carbocycles. The van der Waals surface area contributed by atoms with Crippen LogP contribution >= 0.6 is 11.8 Å². The third-order valence-corrected chi connectivity index (χ3v) is 2.88. The SMILES string of the molecule is CC(C)(C)NC(=O)CSc1ccccc1N. The van der Waals surface area contributed by atoms with Crippen LogP contribution in [0.15, 0.2) is 29.2 Å². The van der Waals surface area contributed by atoms with E-state index in [0.717, 1.165) is 10.6 Å². The number of carbonyl (C=O) groups excluding carboxylic acids is 1. The topological polar surface area (TPSA) is 55.1 Å². The Morgan fingerprint density at radius 3 is 2.56 bits per heavy atom. The monoisotopic (exact) mass is 238 g/mol. The molecule has 0 saturated heterocycles. The summed E-state index contributed by atoms with van der Waals surface area (Å²) in [6.45, 7) is 5.89. The highest BCUT2D eigenvalue weighted by Gasteiger charge is 2.13. The van der Waals surface area contributed by atoms with Gasteiger partial charge in [-0.15, -0.1) is 11.8 Å². The van der Waals surface area contributed by atoms with Crippen molar-refractivity contribution in [3.05, 3.63) is 24.3 Å². The number of nitrogens with two attached hydrogens (primary N) is 1. The largest absolute Gasteiger partial charge is 0.398 e. The van der Waals surface area contributed by atoms with E-state index in [-0.39, 0.29) is 11.4 Å². The fourth-order valence-electron chi connectivity index (χ4n) is 1.21. The molecule has 0 aliphatic heterocycles. The van der Waals surface area contributed by atoms with Crippen molar-refractivity contribution >= 4 is 23.4 Å². The van der Waals surface area contributed by atoms with E-state index < -0.39 is 0 Å². The minimum Gasteiger partial charge on any atom is -0.398 e. The van der Waals surface area contributed by atoms with Crippen molar-refractivity contribution in [2.45, 2.75) is 31.2 Å². The number of thioether (sulfide) groups is 1. The predicted octanol–water partition coefficient (Wildman–Crippen LogP) is 2.28. The Kier molecular flexibility index (Phi) is 4.24. The summed E-state index contributed by atoms with van der Waals surface area (Å²) in [5, 5.41) is 2.91. The maximum absolute atomic E-state index is 11.6. The van der Waals surface area contributed by atoms with Gasteiger partial charge in [0.1, 0.15) is 0 Å². The lowest BCUT2D eigenvalue weighted by Crippen LogP contribution is -2.41.